The predicted octanol–water partition coefficient (Wildman–Crippen LogP) is 3.03. The van der Waals surface area contributed by atoms with Crippen molar-refractivity contribution in [1.82, 2.24) is 0 Å². The van der Waals surface area contributed by atoms with Crippen molar-refractivity contribution in [2.24, 2.45) is 0 Å². The summed E-state index contributed by atoms with van der Waals surface area (Å²) in [4.78, 5) is 8.70. The molecular formula is C13H20O4. The summed E-state index contributed by atoms with van der Waals surface area (Å²) in [5, 5.41) is 13.3. The molecule has 4 nitrogen and oxygen atoms in total. The van der Waals surface area contributed by atoms with E-state index in [2.05, 4.69) is 21.4 Å². The van der Waals surface area contributed by atoms with Gasteiger partial charge in [-0.25, -0.2) is 9.78 Å². The van der Waals surface area contributed by atoms with Gasteiger partial charge in [-0.05, 0) is 31.9 Å². The van der Waals surface area contributed by atoms with Gasteiger partial charge < -0.3 is 5.11 Å². The molecule has 1 rings (SSSR count). The molecule has 17 heavy (non-hydrogen) atoms. The van der Waals surface area contributed by atoms with Crippen molar-refractivity contribution in [3.8, 4) is 5.75 Å². The number of phenols is 1. The number of benzene rings is 1. The highest BCUT2D eigenvalue weighted by Gasteiger charge is 1.93. The predicted molar refractivity (Wildman–Crippen MR) is 66.3 cm³/mol. The van der Waals surface area contributed by atoms with Crippen LogP contribution in [0.3, 0.4) is 0 Å². The Morgan fingerprint density at radius 2 is 1.76 bits per heavy atom. The highest BCUT2D eigenvalue weighted by molar-refractivity contribution is 5.32. The van der Waals surface area contributed by atoms with Gasteiger partial charge in [-0.1, -0.05) is 29.3 Å². The van der Waals surface area contributed by atoms with Gasteiger partial charge in [0, 0.05) is 0 Å². The molecule has 0 fully saturated rings. The van der Waals surface area contributed by atoms with Crippen LogP contribution in [-0.2, 0) is 21.2 Å². The zero-order chi connectivity index (χ0) is 12.9. The zero-order valence-corrected chi connectivity index (χ0v) is 10.4. The van der Waals surface area contributed by atoms with Crippen LogP contribution in [0.1, 0.15) is 19.4 Å². The van der Waals surface area contributed by atoms with Crippen LogP contribution in [0.15, 0.2) is 36.9 Å². The summed E-state index contributed by atoms with van der Waals surface area (Å²) in [7, 11) is 0. The molecule has 1 N–H and O–H groups in total. The van der Waals surface area contributed by atoms with Crippen LogP contribution >= 0.6 is 0 Å². The number of allylic oxidation sites excluding steroid dienone is 1. The van der Waals surface area contributed by atoms with E-state index in [0.29, 0.717) is 19.0 Å². The molecule has 1 aromatic carbocycles. The Morgan fingerprint density at radius 3 is 2.24 bits per heavy atom. The van der Waals surface area contributed by atoms with Gasteiger partial charge >= 0.3 is 0 Å². The third-order valence-electron chi connectivity index (χ3n) is 1.69. The molecule has 0 aliphatic carbocycles. The minimum Gasteiger partial charge on any atom is -0.508 e. The van der Waals surface area contributed by atoms with Crippen molar-refractivity contribution in [2.75, 3.05) is 13.2 Å². The average Bonchev–Trinajstić information content (AvgIpc) is 2.34. The lowest BCUT2D eigenvalue weighted by molar-refractivity contribution is -0.509. The maximum atomic E-state index is 9.19. The fraction of sp³-hybridized carbons (Fsp3) is 0.385. The summed E-state index contributed by atoms with van der Waals surface area (Å²) in [6.07, 6.45) is 2.50. The van der Waals surface area contributed by atoms with Crippen molar-refractivity contribution >= 4 is 0 Å². The van der Waals surface area contributed by atoms with Gasteiger partial charge in [0.2, 0.25) is 0 Å². The van der Waals surface area contributed by atoms with Crippen LogP contribution in [0.4, 0.5) is 0 Å². The topological polar surface area (TPSA) is 47.9 Å². The minimum atomic E-state index is 0.349. The van der Waals surface area contributed by atoms with Gasteiger partial charge in [0.15, 0.2) is 0 Å². The molecule has 0 aliphatic heterocycles. The second-order valence-corrected chi connectivity index (χ2v) is 3.00. The Labute approximate surface area is 102 Å². The standard InChI is InChI=1S/C9H10O.C4H10O3/c1-2-5-8-6-3-4-7-9(8)10;1-3-5-7-6-4-2/h2-4,6-7,10H,1,5H2;3-4H2,1-2H3. The summed E-state index contributed by atoms with van der Waals surface area (Å²) < 4.78 is 0. The van der Waals surface area contributed by atoms with Crippen molar-refractivity contribution in [2.45, 2.75) is 20.3 Å². The van der Waals surface area contributed by atoms with E-state index in [-0.39, 0.29) is 0 Å². The molecule has 0 saturated carbocycles. The smallest absolute Gasteiger partial charge is 0.119 e. The molecule has 0 spiro atoms. The van der Waals surface area contributed by atoms with E-state index in [4.69, 9.17) is 0 Å². The number of hydrogen-bond donors (Lipinski definition) is 1. The number of aromatic hydroxyl groups is 1. The van der Waals surface area contributed by atoms with E-state index in [9.17, 15) is 5.11 Å². The monoisotopic (exact) mass is 240 g/mol. The molecule has 0 radical (unpaired) electrons. The second kappa shape index (κ2) is 11.1. The highest BCUT2D eigenvalue weighted by atomic mass is 17.5. The van der Waals surface area contributed by atoms with Crippen LogP contribution < -0.4 is 0 Å². The molecule has 0 saturated heterocycles. The van der Waals surface area contributed by atoms with Crippen molar-refractivity contribution in [3.63, 3.8) is 0 Å². The van der Waals surface area contributed by atoms with E-state index >= 15 is 0 Å². The van der Waals surface area contributed by atoms with Crippen molar-refractivity contribution in [3.05, 3.63) is 42.5 Å². The fourth-order valence-electron chi connectivity index (χ4n) is 0.969. The Kier molecular flexibility index (Phi) is 10.2. The molecule has 4 heteroatoms. The van der Waals surface area contributed by atoms with Gasteiger partial charge in [-0.3, -0.25) is 0 Å². The fourth-order valence-corrected chi connectivity index (χ4v) is 0.969. The first-order chi connectivity index (χ1) is 8.26. The van der Waals surface area contributed by atoms with Crippen LogP contribution in [0.5, 0.6) is 5.75 Å². The molecular weight excluding hydrogens is 220 g/mol. The van der Waals surface area contributed by atoms with Crippen molar-refractivity contribution < 1.29 is 19.9 Å². The largest absolute Gasteiger partial charge is 0.508 e. The van der Waals surface area contributed by atoms with E-state index in [0.717, 1.165) is 12.0 Å². The number of para-hydroxylation sites is 1. The molecule has 0 aliphatic rings. The highest BCUT2D eigenvalue weighted by Crippen LogP contribution is 2.15. The number of phenolic OH excluding ortho intramolecular Hbond substituents is 1. The summed E-state index contributed by atoms with van der Waals surface area (Å²) in [6.45, 7) is 8.25. The SMILES string of the molecule is C=CCc1ccccc1O.CCOOOCC. The summed E-state index contributed by atoms with van der Waals surface area (Å²) >= 11 is 0. The lowest BCUT2D eigenvalue weighted by Crippen LogP contribution is -1.94. The summed E-state index contributed by atoms with van der Waals surface area (Å²) in [5.41, 5.74) is 0.928. The lowest BCUT2D eigenvalue weighted by Gasteiger charge is -1.97. The third kappa shape index (κ3) is 8.45. The molecule has 0 atom stereocenters. The van der Waals surface area contributed by atoms with E-state index in [1.807, 2.05) is 32.0 Å². The van der Waals surface area contributed by atoms with Gasteiger partial charge in [-0.15, -0.1) is 6.58 Å². The first-order valence-corrected chi connectivity index (χ1v) is 5.55. The maximum Gasteiger partial charge on any atom is 0.119 e. The second-order valence-electron chi connectivity index (χ2n) is 3.00. The first-order valence-electron chi connectivity index (χ1n) is 5.55. The Bertz CT molecular complexity index is 295. The third-order valence-corrected chi connectivity index (χ3v) is 1.69. The Morgan fingerprint density at radius 1 is 1.18 bits per heavy atom. The van der Waals surface area contributed by atoms with E-state index < -0.39 is 0 Å². The molecule has 0 amide bonds. The van der Waals surface area contributed by atoms with Crippen LogP contribution in [0, 0.1) is 0 Å². The summed E-state index contributed by atoms with van der Waals surface area (Å²) in [5.74, 6) is 0.349. The number of rotatable bonds is 6. The Hall–Kier alpha value is -1.36. The van der Waals surface area contributed by atoms with Crippen LogP contribution in [-0.4, -0.2) is 18.3 Å². The van der Waals surface area contributed by atoms with Gasteiger partial charge in [0.1, 0.15) is 5.75 Å². The van der Waals surface area contributed by atoms with Crippen molar-refractivity contribution in [1.29, 1.82) is 0 Å². The van der Waals surface area contributed by atoms with Gasteiger partial charge in [0.05, 0.1) is 13.2 Å². The summed E-state index contributed by atoms with van der Waals surface area (Å²) in [6, 6.07) is 7.27. The zero-order valence-electron chi connectivity index (χ0n) is 10.4. The quantitative estimate of drug-likeness (QED) is 0.359. The minimum absolute atomic E-state index is 0.349. The average molecular weight is 240 g/mol. The molecule has 1 aromatic rings. The molecule has 0 bridgehead atoms. The molecule has 0 aromatic heterocycles. The maximum absolute atomic E-state index is 9.19. The van der Waals surface area contributed by atoms with Crippen LogP contribution in [0.25, 0.3) is 0 Å². The van der Waals surface area contributed by atoms with E-state index in [1.54, 1.807) is 12.1 Å². The lowest BCUT2D eigenvalue weighted by atomic mass is 10.1. The number of hydrogen-bond acceptors (Lipinski definition) is 4. The molecule has 96 valence electrons. The molecule has 0 heterocycles. The first kappa shape index (κ1) is 15.6. The van der Waals surface area contributed by atoms with Gasteiger partial charge in [0.25, 0.3) is 0 Å². The molecule has 0 unspecified atom stereocenters. The Balaban J connectivity index is 0.000000325. The normalized spacial score (nSPS) is 9.29. The van der Waals surface area contributed by atoms with E-state index in [1.165, 1.54) is 0 Å². The van der Waals surface area contributed by atoms with Crippen LogP contribution in [0.2, 0.25) is 0 Å². The van der Waals surface area contributed by atoms with Gasteiger partial charge in [-0.2, -0.15) is 0 Å².